The summed E-state index contributed by atoms with van der Waals surface area (Å²) < 4.78 is 20.6. The van der Waals surface area contributed by atoms with E-state index in [2.05, 4.69) is 34.0 Å². The van der Waals surface area contributed by atoms with Gasteiger partial charge in [0.2, 0.25) is 5.89 Å². The van der Waals surface area contributed by atoms with Crippen LogP contribution in [-0.2, 0) is 6.54 Å². The van der Waals surface area contributed by atoms with Crippen molar-refractivity contribution in [3.63, 3.8) is 0 Å². The van der Waals surface area contributed by atoms with Gasteiger partial charge in [-0.3, -0.25) is 4.90 Å². The van der Waals surface area contributed by atoms with Gasteiger partial charge < -0.3 is 4.52 Å². The maximum Gasteiger partial charge on any atom is 0.229 e. The molecule has 27 heavy (non-hydrogen) atoms. The molecule has 4 rings (SSSR count). The van der Waals surface area contributed by atoms with Crippen LogP contribution in [0.25, 0.3) is 5.69 Å². The summed E-state index contributed by atoms with van der Waals surface area (Å²) in [6.45, 7) is 6.94. The monoisotopic (exact) mass is 369 g/mol. The van der Waals surface area contributed by atoms with Crippen LogP contribution in [0.1, 0.15) is 55.8 Å². The first-order valence-electron chi connectivity index (χ1n) is 9.44. The van der Waals surface area contributed by atoms with Crippen LogP contribution >= 0.6 is 0 Å². The molecule has 0 saturated carbocycles. The normalized spacial score (nSPS) is 16.3. The van der Waals surface area contributed by atoms with Crippen LogP contribution in [0.2, 0.25) is 0 Å². The van der Waals surface area contributed by atoms with Gasteiger partial charge in [-0.25, -0.2) is 9.07 Å². The van der Waals surface area contributed by atoms with Crippen molar-refractivity contribution in [2.24, 2.45) is 0 Å². The Balaban J connectivity index is 1.34. The highest BCUT2D eigenvalue weighted by atomic mass is 19.1. The Labute approximate surface area is 158 Å². The first kappa shape index (κ1) is 17.9. The fourth-order valence-corrected chi connectivity index (χ4v) is 3.45. The lowest BCUT2D eigenvalue weighted by Gasteiger charge is -2.29. The summed E-state index contributed by atoms with van der Waals surface area (Å²) in [5.41, 5.74) is 1.86. The lowest BCUT2D eigenvalue weighted by molar-refractivity contribution is 0.187. The average Bonchev–Trinajstić information content (AvgIpc) is 3.32. The summed E-state index contributed by atoms with van der Waals surface area (Å²) >= 11 is 0. The molecule has 3 aromatic rings. The molecule has 7 heteroatoms. The number of halogens is 1. The molecule has 1 aliphatic rings. The third kappa shape index (κ3) is 4.08. The number of benzene rings is 1. The van der Waals surface area contributed by atoms with E-state index in [1.54, 1.807) is 10.7 Å². The molecule has 1 saturated heterocycles. The minimum Gasteiger partial charge on any atom is -0.339 e. The Morgan fingerprint density at radius 2 is 2.07 bits per heavy atom. The minimum atomic E-state index is -0.256. The molecule has 0 atom stereocenters. The molecule has 0 unspecified atom stereocenters. The van der Waals surface area contributed by atoms with Gasteiger partial charge in [-0.2, -0.15) is 10.1 Å². The highest BCUT2D eigenvalue weighted by Crippen LogP contribution is 2.28. The van der Waals surface area contributed by atoms with Gasteiger partial charge in [-0.05, 0) is 44.1 Å². The van der Waals surface area contributed by atoms with Gasteiger partial charge in [-0.1, -0.05) is 25.1 Å². The summed E-state index contributed by atoms with van der Waals surface area (Å²) in [5, 5.41) is 8.44. The zero-order valence-electron chi connectivity index (χ0n) is 15.7. The molecule has 0 radical (unpaired) electrons. The molecule has 0 spiro atoms. The van der Waals surface area contributed by atoms with E-state index < -0.39 is 0 Å². The van der Waals surface area contributed by atoms with Crippen LogP contribution in [-0.4, -0.2) is 37.9 Å². The predicted molar refractivity (Wildman–Crippen MR) is 99.2 cm³/mol. The van der Waals surface area contributed by atoms with Crippen LogP contribution in [0, 0.1) is 5.82 Å². The van der Waals surface area contributed by atoms with Crippen molar-refractivity contribution < 1.29 is 8.91 Å². The van der Waals surface area contributed by atoms with Gasteiger partial charge >= 0.3 is 0 Å². The van der Waals surface area contributed by atoms with Crippen LogP contribution in [0.5, 0.6) is 0 Å². The first-order chi connectivity index (χ1) is 13.1. The van der Waals surface area contributed by atoms with Gasteiger partial charge in [0.05, 0.1) is 11.9 Å². The van der Waals surface area contributed by atoms with Crippen molar-refractivity contribution in [1.29, 1.82) is 0 Å². The Kier molecular flexibility index (Phi) is 5.03. The Morgan fingerprint density at radius 3 is 2.78 bits per heavy atom. The maximum atomic E-state index is 13.4. The van der Waals surface area contributed by atoms with Crippen LogP contribution in [0.15, 0.2) is 41.2 Å². The van der Waals surface area contributed by atoms with Gasteiger partial charge in [0.15, 0.2) is 5.82 Å². The van der Waals surface area contributed by atoms with Crippen LogP contribution in [0.4, 0.5) is 4.39 Å². The number of hydrogen-bond donors (Lipinski definition) is 0. The van der Waals surface area contributed by atoms with Crippen molar-refractivity contribution in [1.82, 2.24) is 24.8 Å². The largest absolute Gasteiger partial charge is 0.339 e. The molecule has 0 aliphatic carbocycles. The second-order valence-electron chi connectivity index (χ2n) is 7.47. The second-order valence-corrected chi connectivity index (χ2v) is 7.47. The molecule has 0 amide bonds. The number of hydrogen-bond acceptors (Lipinski definition) is 5. The molecule has 1 aromatic carbocycles. The lowest BCUT2D eigenvalue weighted by atomic mass is 9.96. The van der Waals surface area contributed by atoms with Crippen LogP contribution in [0.3, 0.4) is 0 Å². The van der Waals surface area contributed by atoms with E-state index in [1.807, 2.05) is 18.5 Å². The first-order valence-corrected chi connectivity index (χ1v) is 9.44. The SMILES string of the molecule is CC(C)c1noc(C2CCN(Cc3cnn(-c4cccc(F)c4)c3)CC2)n1. The summed E-state index contributed by atoms with van der Waals surface area (Å²) in [6.07, 6.45) is 5.84. The minimum absolute atomic E-state index is 0.256. The van der Waals surface area contributed by atoms with E-state index in [0.29, 0.717) is 5.92 Å². The lowest BCUT2D eigenvalue weighted by Crippen LogP contribution is -2.32. The van der Waals surface area contributed by atoms with Crippen LogP contribution < -0.4 is 0 Å². The fraction of sp³-hybridized carbons (Fsp3) is 0.450. The van der Waals surface area contributed by atoms with Gasteiger partial charge in [0.25, 0.3) is 0 Å². The third-order valence-electron chi connectivity index (χ3n) is 5.03. The molecule has 2 aromatic heterocycles. The van der Waals surface area contributed by atoms with Gasteiger partial charge in [0.1, 0.15) is 5.82 Å². The molecular weight excluding hydrogens is 345 g/mol. The van der Waals surface area contributed by atoms with Gasteiger partial charge in [-0.15, -0.1) is 0 Å². The summed E-state index contributed by atoms with van der Waals surface area (Å²) in [6, 6.07) is 6.46. The standard InChI is InChI=1S/C20H24FN5O/c1-14(2)19-23-20(27-24-19)16-6-8-25(9-7-16)12-15-11-22-26(13-15)18-5-3-4-17(21)10-18/h3-5,10-11,13-14,16H,6-9,12H2,1-2H3. The number of likely N-dealkylation sites (tertiary alicyclic amines) is 1. The quantitative estimate of drug-likeness (QED) is 0.683. The number of piperidine rings is 1. The average molecular weight is 369 g/mol. The summed E-state index contributed by atoms with van der Waals surface area (Å²) in [5.74, 6) is 1.94. The third-order valence-corrected chi connectivity index (χ3v) is 5.03. The maximum absolute atomic E-state index is 13.4. The van der Waals surface area contributed by atoms with Crippen molar-refractivity contribution in [2.75, 3.05) is 13.1 Å². The predicted octanol–water partition coefficient (Wildman–Crippen LogP) is 3.90. The fourth-order valence-electron chi connectivity index (χ4n) is 3.45. The molecule has 1 fully saturated rings. The Morgan fingerprint density at radius 1 is 1.26 bits per heavy atom. The van der Waals surface area contributed by atoms with Crippen molar-refractivity contribution in [3.05, 3.63) is 59.8 Å². The van der Waals surface area contributed by atoms with E-state index >= 15 is 0 Å². The Bertz CT molecular complexity index is 895. The van der Waals surface area contributed by atoms with Crippen molar-refractivity contribution in [3.8, 4) is 5.69 Å². The molecule has 1 aliphatic heterocycles. The zero-order valence-corrected chi connectivity index (χ0v) is 15.7. The number of rotatable bonds is 5. The van der Waals surface area contributed by atoms with E-state index in [0.717, 1.165) is 55.4 Å². The van der Waals surface area contributed by atoms with Gasteiger partial charge in [0, 0.05) is 30.1 Å². The summed E-state index contributed by atoms with van der Waals surface area (Å²) in [7, 11) is 0. The highest BCUT2D eigenvalue weighted by molar-refractivity contribution is 5.31. The number of aromatic nitrogens is 4. The zero-order chi connectivity index (χ0) is 18.8. The second kappa shape index (κ2) is 7.60. The topological polar surface area (TPSA) is 60.0 Å². The molecule has 6 nitrogen and oxygen atoms in total. The molecule has 142 valence electrons. The van der Waals surface area contributed by atoms with E-state index in [1.165, 1.54) is 12.1 Å². The van der Waals surface area contributed by atoms with E-state index in [4.69, 9.17) is 4.52 Å². The number of nitrogens with zero attached hydrogens (tertiary/aromatic N) is 5. The highest BCUT2D eigenvalue weighted by Gasteiger charge is 2.25. The van der Waals surface area contributed by atoms with Crippen molar-refractivity contribution in [2.45, 2.75) is 45.1 Å². The Hall–Kier alpha value is -2.54. The smallest absolute Gasteiger partial charge is 0.229 e. The molecular formula is C20H24FN5O. The molecule has 3 heterocycles. The molecule has 0 N–H and O–H groups in total. The van der Waals surface area contributed by atoms with E-state index in [-0.39, 0.29) is 11.7 Å². The molecule has 0 bridgehead atoms. The van der Waals surface area contributed by atoms with E-state index in [9.17, 15) is 4.39 Å². The van der Waals surface area contributed by atoms with Crippen molar-refractivity contribution >= 4 is 0 Å². The summed E-state index contributed by atoms with van der Waals surface area (Å²) in [4.78, 5) is 6.95.